The molecule has 0 radical (unpaired) electrons. The molecule has 0 aromatic heterocycles. The van der Waals surface area contributed by atoms with Gasteiger partial charge in [0.25, 0.3) is 0 Å². The molecule has 1 aromatic rings. The van der Waals surface area contributed by atoms with E-state index in [1.807, 2.05) is 26.8 Å². The first-order chi connectivity index (χ1) is 8.22. The van der Waals surface area contributed by atoms with Crippen molar-refractivity contribution in [1.29, 1.82) is 0 Å². The molecule has 0 saturated heterocycles. The largest absolute Gasteiger partial charge is 0.485 e. The van der Waals surface area contributed by atoms with Crippen LogP contribution >= 0.6 is 0 Å². The van der Waals surface area contributed by atoms with Crippen LogP contribution in [0.2, 0.25) is 0 Å². The maximum absolute atomic E-state index is 14.1. The Kier molecular flexibility index (Phi) is 4.41. The summed E-state index contributed by atoms with van der Waals surface area (Å²) in [7, 11) is 0. The van der Waals surface area contributed by atoms with Crippen molar-refractivity contribution in [3.8, 4) is 5.75 Å². The van der Waals surface area contributed by atoms with Crippen molar-refractivity contribution in [3.05, 3.63) is 29.6 Å². The minimum absolute atomic E-state index is 0.000353. The van der Waals surface area contributed by atoms with E-state index in [9.17, 15) is 4.39 Å². The summed E-state index contributed by atoms with van der Waals surface area (Å²) < 4.78 is 19.8. The first kappa shape index (κ1) is 15.0. The lowest BCUT2D eigenvalue weighted by Gasteiger charge is -2.27. The van der Waals surface area contributed by atoms with Crippen molar-refractivity contribution in [2.45, 2.75) is 65.4 Å². The predicted octanol–water partition coefficient (Wildman–Crippen LogP) is 5.08. The predicted molar refractivity (Wildman–Crippen MR) is 74.7 cm³/mol. The summed E-state index contributed by atoms with van der Waals surface area (Å²) >= 11 is 0. The second kappa shape index (κ2) is 5.29. The quantitative estimate of drug-likeness (QED) is 0.710. The van der Waals surface area contributed by atoms with Gasteiger partial charge in [0.1, 0.15) is 5.60 Å². The first-order valence-electron chi connectivity index (χ1n) is 6.71. The third-order valence-electron chi connectivity index (χ3n) is 3.83. The van der Waals surface area contributed by atoms with Crippen molar-refractivity contribution in [2.75, 3.05) is 0 Å². The van der Waals surface area contributed by atoms with Gasteiger partial charge in [0.05, 0.1) is 0 Å². The number of halogens is 1. The molecule has 0 aliphatic heterocycles. The average molecular weight is 252 g/mol. The molecule has 0 spiro atoms. The van der Waals surface area contributed by atoms with E-state index in [-0.39, 0.29) is 16.8 Å². The SMILES string of the molecule is CCC(C)(C)Oc1ccc(C(C)(C)CC)cc1F. The van der Waals surface area contributed by atoms with Crippen LogP contribution in [0, 0.1) is 5.82 Å². The van der Waals surface area contributed by atoms with Gasteiger partial charge in [-0.25, -0.2) is 4.39 Å². The summed E-state index contributed by atoms with van der Waals surface area (Å²) in [6.45, 7) is 12.3. The third kappa shape index (κ3) is 3.47. The molecule has 1 aromatic carbocycles. The molecule has 0 bridgehead atoms. The van der Waals surface area contributed by atoms with Crippen LogP contribution in [0.4, 0.5) is 4.39 Å². The molecule has 0 saturated carbocycles. The summed E-state index contributed by atoms with van der Waals surface area (Å²) in [5.74, 6) is 0.0769. The smallest absolute Gasteiger partial charge is 0.165 e. The van der Waals surface area contributed by atoms with E-state index >= 15 is 0 Å². The monoisotopic (exact) mass is 252 g/mol. The highest BCUT2D eigenvalue weighted by Gasteiger charge is 2.22. The zero-order chi connectivity index (χ0) is 14.0. The molecule has 102 valence electrons. The van der Waals surface area contributed by atoms with Crippen LogP contribution in [0.15, 0.2) is 18.2 Å². The van der Waals surface area contributed by atoms with Crippen LogP contribution in [-0.4, -0.2) is 5.60 Å². The number of rotatable bonds is 5. The molecule has 1 rings (SSSR count). The highest BCUT2D eigenvalue weighted by Crippen LogP contribution is 2.31. The lowest BCUT2D eigenvalue weighted by atomic mass is 9.82. The van der Waals surface area contributed by atoms with Crippen molar-refractivity contribution in [3.63, 3.8) is 0 Å². The molecule has 18 heavy (non-hydrogen) atoms. The van der Waals surface area contributed by atoms with Gasteiger partial charge in [-0.1, -0.05) is 33.8 Å². The van der Waals surface area contributed by atoms with E-state index in [1.54, 1.807) is 12.1 Å². The van der Waals surface area contributed by atoms with Gasteiger partial charge in [0.2, 0.25) is 0 Å². The van der Waals surface area contributed by atoms with Crippen molar-refractivity contribution in [1.82, 2.24) is 0 Å². The van der Waals surface area contributed by atoms with Gasteiger partial charge in [0, 0.05) is 0 Å². The zero-order valence-corrected chi connectivity index (χ0v) is 12.4. The summed E-state index contributed by atoms with van der Waals surface area (Å²) in [6, 6.07) is 5.32. The Morgan fingerprint density at radius 1 is 1.06 bits per heavy atom. The fourth-order valence-electron chi connectivity index (χ4n) is 1.58. The average Bonchev–Trinajstić information content (AvgIpc) is 2.31. The van der Waals surface area contributed by atoms with Crippen LogP contribution in [0.1, 0.15) is 59.9 Å². The summed E-state index contributed by atoms with van der Waals surface area (Å²) in [6.07, 6.45) is 1.82. The van der Waals surface area contributed by atoms with Crippen molar-refractivity contribution >= 4 is 0 Å². The van der Waals surface area contributed by atoms with Crippen LogP contribution in [0.5, 0.6) is 5.75 Å². The number of benzene rings is 1. The maximum atomic E-state index is 14.1. The van der Waals surface area contributed by atoms with Gasteiger partial charge < -0.3 is 4.74 Å². The second-order valence-corrected chi connectivity index (χ2v) is 6.10. The van der Waals surface area contributed by atoms with Crippen molar-refractivity contribution < 1.29 is 9.13 Å². The van der Waals surface area contributed by atoms with Crippen LogP contribution < -0.4 is 4.74 Å². The lowest BCUT2D eigenvalue weighted by molar-refractivity contribution is 0.0994. The highest BCUT2D eigenvalue weighted by molar-refractivity contribution is 5.33. The van der Waals surface area contributed by atoms with Gasteiger partial charge in [0.15, 0.2) is 11.6 Å². The molecule has 0 unspecified atom stereocenters. The number of hydrogen-bond acceptors (Lipinski definition) is 1. The molecule has 0 fully saturated rings. The fourth-order valence-corrected chi connectivity index (χ4v) is 1.58. The van der Waals surface area contributed by atoms with Crippen LogP contribution in [0.3, 0.4) is 0 Å². The Balaban J connectivity index is 3.00. The Hall–Kier alpha value is -1.05. The molecule has 0 N–H and O–H groups in total. The van der Waals surface area contributed by atoms with Crippen LogP contribution in [-0.2, 0) is 5.41 Å². The minimum atomic E-state index is -0.331. The third-order valence-corrected chi connectivity index (χ3v) is 3.83. The summed E-state index contributed by atoms with van der Waals surface area (Å²) in [5, 5.41) is 0. The minimum Gasteiger partial charge on any atom is -0.485 e. The van der Waals surface area contributed by atoms with Gasteiger partial charge in [-0.15, -0.1) is 0 Å². The van der Waals surface area contributed by atoms with E-state index in [0.717, 1.165) is 18.4 Å². The van der Waals surface area contributed by atoms with E-state index < -0.39 is 0 Å². The molecule has 0 aliphatic rings. The Morgan fingerprint density at radius 2 is 1.67 bits per heavy atom. The van der Waals surface area contributed by atoms with Gasteiger partial charge >= 0.3 is 0 Å². The molecular formula is C16H25FO. The molecule has 0 aliphatic carbocycles. The molecule has 2 heteroatoms. The van der Waals surface area contributed by atoms with E-state index in [1.165, 1.54) is 0 Å². The topological polar surface area (TPSA) is 9.23 Å². The Bertz CT molecular complexity index is 408. The normalized spacial score (nSPS) is 12.6. The Morgan fingerprint density at radius 3 is 2.11 bits per heavy atom. The summed E-state index contributed by atoms with van der Waals surface area (Å²) in [4.78, 5) is 0. The van der Waals surface area contributed by atoms with Gasteiger partial charge in [-0.3, -0.25) is 0 Å². The number of hydrogen-bond donors (Lipinski definition) is 0. The number of ether oxygens (including phenoxy) is 1. The van der Waals surface area contributed by atoms with Gasteiger partial charge in [-0.05, 0) is 49.8 Å². The van der Waals surface area contributed by atoms with E-state index in [0.29, 0.717) is 5.75 Å². The lowest BCUT2D eigenvalue weighted by Crippen LogP contribution is -2.27. The van der Waals surface area contributed by atoms with Crippen LogP contribution in [0.25, 0.3) is 0 Å². The molecular weight excluding hydrogens is 227 g/mol. The zero-order valence-electron chi connectivity index (χ0n) is 12.4. The van der Waals surface area contributed by atoms with E-state index in [2.05, 4.69) is 20.8 Å². The molecule has 0 heterocycles. The maximum Gasteiger partial charge on any atom is 0.165 e. The first-order valence-corrected chi connectivity index (χ1v) is 6.71. The molecule has 0 atom stereocenters. The Labute approximate surface area is 110 Å². The highest BCUT2D eigenvalue weighted by atomic mass is 19.1. The van der Waals surface area contributed by atoms with E-state index in [4.69, 9.17) is 4.74 Å². The fraction of sp³-hybridized carbons (Fsp3) is 0.625. The van der Waals surface area contributed by atoms with Gasteiger partial charge in [-0.2, -0.15) is 0 Å². The van der Waals surface area contributed by atoms with Crippen molar-refractivity contribution in [2.24, 2.45) is 0 Å². The standard InChI is InChI=1S/C16H25FO/c1-7-15(3,4)12-9-10-14(13(17)11-12)18-16(5,6)8-2/h9-11H,7-8H2,1-6H3. The second-order valence-electron chi connectivity index (χ2n) is 6.10. The summed E-state index contributed by atoms with van der Waals surface area (Å²) in [5.41, 5.74) is 0.687. The molecule has 0 amide bonds. The molecule has 1 nitrogen and oxygen atoms in total.